The van der Waals surface area contributed by atoms with E-state index in [1.807, 2.05) is 0 Å². The molecule has 2 aromatic heterocycles. The highest BCUT2D eigenvalue weighted by Crippen LogP contribution is 2.43. The first-order valence-electron chi connectivity index (χ1n) is 13.8. The molecule has 7 nitrogen and oxygen atoms in total. The Morgan fingerprint density at radius 3 is 2.53 bits per heavy atom. The summed E-state index contributed by atoms with van der Waals surface area (Å²) in [5.41, 5.74) is 2.56. The second kappa shape index (κ2) is 10.6. The zero-order chi connectivity index (χ0) is 25.6. The number of carbonyl (C=O) groups is 1. The summed E-state index contributed by atoms with van der Waals surface area (Å²) in [6, 6.07) is 6.16. The quantitative estimate of drug-likeness (QED) is 0.550. The second-order valence-corrected chi connectivity index (χ2v) is 12.9. The number of amides is 1. The topological polar surface area (TPSA) is 73.6 Å². The zero-order valence-corrected chi connectivity index (χ0v) is 23.4. The Kier molecular flexibility index (Phi) is 7.59. The van der Waals surface area contributed by atoms with Crippen LogP contribution in [0, 0.1) is 19.8 Å². The Morgan fingerprint density at radius 2 is 1.92 bits per heavy atom. The number of nitrogens with one attached hydrogen (secondary N) is 1. The summed E-state index contributed by atoms with van der Waals surface area (Å²) in [5, 5.41) is 13.8. The number of piperidine rings is 1. The Hall–Kier alpha value is -1.74. The number of carbonyl (C=O) groups excluding carboxylic acids is 1. The van der Waals surface area contributed by atoms with E-state index in [1.54, 1.807) is 18.3 Å². The normalized spacial score (nSPS) is 26.2. The molecule has 8 heteroatoms. The van der Waals surface area contributed by atoms with Crippen molar-refractivity contribution in [2.75, 3.05) is 13.1 Å². The molecule has 198 valence electrons. The summed E-state index contributed by atoms with van der Waals surface area (Å²) < 4.78 is 2.56. The molecule has 2 N–H and O–H groups in total. The molecule has 1 amide bonds. The van der Waals surface area contributed by atoms with Crippen molar-refractivity contribution in [3.05, 3.63) is 39.1 Å². The van der Waals surface area contributed by atoms with Crippen LogP contribution in [0.3, 0.4) is 0 Å². The van der Waals surface area contributed by atoms with Crippen molar-refractivity contribution in [1.29, 1.82) is 0 Å². The van der Waals surface area contributed by atoms with Crippen LogP contribution in [0.4, 0.5) is 0 Å². The van der Waals surface area contributed by atoms with Crippen LogP contribution >= 0.6 is 11.3 Å². The van der Waals surface area contributed by atoms with Crippen molar-refractivity contribution in [3.63, 3.8) is 0 Å². The smallest absolute Gasteiger partial charge is 0.217 e. The number of nitrogens with zero attached hydrogens (tertiary/aromatic N) is 4. The van der Waals surface area contributed by atoms with Crippen molar-refractivity contribution < 1.29 is 9.90 Å². The molecule has 2 aromatic rings. The lowest BCUT2D eigenvalue weighted by molar-refractivity contribution is -0.119. The third-order valence-corrected chi connectivity index (χ3v) is 9.73. The number of fused-ring (bicyclic) bond motifs is 3. The molecule has 2 fully saturated rings. The fraction of sp³-hybridized carbons (Fsp3) is 0.714. The van der Waals surface area contributed by atoms with Gasteiger partial charge < -0.3 is 15.0 Å². The number of rotatable bonds is 8. The summed E-state index contributed by atoms with van der Waals surface area (Å²) in [4.78, 5) is 24.4. The molecule has 0 aliphatic carbocycles. The number of aryl methyl sites for hydroxylation is 2. The third kappa shape index (κ3) is 5.15. The molecule has 3 aliphatic rings. The molecule has 3 aliphatic heterocycles. The van der Waals surface area contributed by atoms with Gasteiger partial charge in [-0.05, 0) is 64.0 Å². The molecule has 3 unspecified atom stereocenters. The van der Waals surface area contributed by atoms with Gasteiger partial charge in [0, 0.05) is 66.6 Å². The van der Waals surface area contributed by atoms with E-state index in [-0.39, 0.29) is 17.9 Å². The summed E-state index contributed by atoms with van der Waals surface area (Å²) >= 11 is 1.80. The predicted octanol–water partition coefficient (Wildman–Crippen LogP) is 4.33. The lowest BCUT2D eigenvalue weighted by Gasteiger charge is -2.41. The average Bonchev–Trinajstić information content (AvgIpc) is 3.47. The number of aliphatic hydroxyl groups excluding tert-OH is 1. The van der Waals surface area contributed by atoms with Crippen LogP contribution in [0.2, 0.25) is 0 Å². The number of hydrogen-bond acceptors (Lipinski definition) is 6. The van der Waals surface area contributed by atoms with E-state index in [0.717, 1.165) is 44.0 Å². The highest BCUT2D eigenvalue weighted by molar-refractivity contribution is 7.12. The van der Waals surface area contributed by atoms with E-state index in [0.29, 0.717) is 18.1 Å². The van der Waals surface area contributed by atoms with Gasteiger partial charge in [0.15, 0.2) is 0 Å². The molecule has 36 heavy (non-hydrogen) atoms. The summed E-state index contributed by atoms with van der Waals surface area (Å²) in [5.74, 6) is 1.41. The molecule has 0 aromatic carbocycles. The molecule has 0 radical (unpaired) electrons. The Labute approximate surface area is 219 Å². The van der Waals surface area contributed by atoms with E-state index in [9.17, 15) is 9.90 Å². The molecule has 2 bridgehead atoms. The zero-order valence-electron chi connectivity index (χ0n) is 22.5. The summed E-state index contributed by atoms with van der Waals surface area (Å²) in [6.07, 6.45) is 6.44. The number of hydrogen-bond donors (Lipinski definition) is 2. The number of thiophene rings is 1. The van der Waals surface area contributed by atoms with E-state index in [4.69, 9.17) is 4.98 Å². The van der Waals surface area contributed by atoms with Crippen molar-refractivity contribution in [2.45, 2.75) is 110 Å². The van der Waals surface area contributed by atoms with Crippen LogP contribution in [0.1, 0.15) is 91.9 Å². The lowest BCUT2D eigenvalue weighted by Crippen LogP contribution is -2.45. The van der Waals surface area contributed by atoms with Gasteiger partial charge in [-0.3, -0.25) is 14.6 Å². The van der Waals surface area contributed by atoms with Gasteiger partial charge in [0.05, 0.1) is 11.7 Å². The fourth-order valence-electron chi connectivity index (χ4n) is 6.96. The Morgan fingerprint density at radius 1 is 1.19 bits per heavy atom. The molecular weight excluding hydrogens is 470 g/mol. The van der Waals surface area contributed by atoms with Gasteiger partial charge in [-0.2, -0.15) is 0 Å². The van der Waals surface area contributed by atoms with Crippen molar-refractivity contribution in [2.24, 2.45) is 5.92 Å². The standard InChI is InChI=1S/C28H43N5O2S/c1-17(2)28(35)31-12-11-26-25(16-31)29-19(4)33(26)23-14-21-7-8-22(15-23)32(21)13-10-24(30-20(5)34)27-9-6-18(3)36-27/h6,9,17,21-24,28,35H,7-8,10-16H2,1-5H3,(H,30,34)/t21?,22?,23?,24-,28?/m0/s1. The molecule has 5 heterocycles. The van der Waals surface area contributed by atoms with Gasteiger partial charge in [0.1, 0.15) is 12.1 Å². The van der Waals surface area contributed by atoms with E-state index >= 15 is 0 Å². The third-order valence-electron chi connectivity index (χ3n) is 8.61. The first-order valence-corrected chi connectivity index (χ1v) is 14.6. The van der Waals surface area contributed by atoms with Crippen LogP contribution in [0.5, 0.6) is 0 Å². The molecule has 0 saturated carbocycles. The Balaban J connectivity index is 1.26. The summed E-state index contributed by atoms with van der Waals surface area (Å²) in [7, 11) is 0. The van der Waals surface area contributed by atoms with Crippen LogP contribution in [-0.2, 0) is 17.8 Å². The average molecular weight is 514 g/mol. The van der Waals surface area contributed by atoms with E-state index in [2.05, 4.69) is 59.5 Å². The van der Waals surface area contributed by atoms with Crippen LogP contribution in [0.25, 0.3) is 0 Å². The van der Waals surface area contributed by atoms with E-state index in [1.165, 1.54) is 41.1 Å². The SMILES string of the molecule is CC(=O)N[C@@H](CCN1C2CCC1CC(n1c(C)nc3c1CCN(C(O)C(C)C)C3)C2)c1ccc(C)s1. The van der Waals surface area contributed by atoms with Crippen molar-refractivity contribution in [1.82, 2.24) is 24.7 Å². The van der Waals surface area contributed by atoms with Gasteiger partial charge in [-0.1, -0.05) is 13.8 Å². The monoisotopic (exact) mass is 513 g/mol. The maximum absolute atomic E-state index is 11.9. The highest BCUT2D eigenvalue weighted by Gasteiger charge is 2.42. The second-order valence-electron chi connectivity index (χ2n) is 11.5. The van der Waals surface area contributed by atoms with Gasteiger partial charge in [-0.15, -0.1) is 11.3 Å². The first-order chi connectivity index (χ1) is 17.2. The number of imidazole rings is 1. The molecule has 4 atom stereocenters. The van der Waals surface area contributed by atoms with Crippen LogP contribution in [-0.4, -0.2) is 61.8 Å². The number of aromatic nitrogens is 2. The van der Waals surface area contributed by atoms with Crippen LogP contribution in [0.15, 0.2) is 12.1 Å². The van der Waals surface area contributed by atoms with Gasteiger partial charge in [0.25, 0.3) is 0 Å². The van der Waals surface area contributed by atoms with Crippen molar-refractivity contribution >= 4 is 17.2 Å². The fourth-order valence-corrected chi connectivity index (χ4v) is 7.93. The molecule has 0 spiro atoms. The molecular formula is C28H43N5O2S. The first kappa shape index (κ1) is 25.9. The summed E-state index contributed by atoms with van der Waals surface area (Å²) in [6.45, 7) is 12.8. The van der Waals surface area contributed by atoms with Gasteiger partial charge >= 0.3 is 0 Å². The van der Waals surface area contributed by atoms with Gasteiger partial charge in [-0.25, -0.2) is 4.98 Å². The minimum absolute atomic E-state index is 0.0487. The lowest BCUT2D eigenvalue weighted by atomic mass is 9.95. The molecule has 2 saturated heterocycles. The molecule has 5 rings (SSSR count). The number of aliphatic hydroxyl groups is 1. The Bertz CT molecular complexity index is 1060. The highest BCUT2D eigenvalue weighted by atomic mass is 32.1. The van der Waals surface area contributed by atoms with Crippen LogP contribution < -0.4 is 5.32 Å². The van der Waals surface area contributed by atoms with E-state index < -0.39 is 6.23 Å². The minimum atomic E-state index is -0.401. The largest absolute Gasteiger partial charge is 0.378 e. The maximum Gasteiger partial charge on any atom is 0.217 e. The maximum atomic E-state index is 11.9. The minimum Gasteiger partial charge on any atom is -0.378 e. The predicted molar refractivity (Wildman–Crippen MR) is 144 cm³/mol. The van der Waals surface area contributed by atoms with Gasteiger partial charge in [0.2, 0.25) is 5.91 Å². The van der Waals surface area contributed by atoms with Crippen molar-refractivity contribution in [3.8, 4) is 0 Å².